The molecular formula is C22H32N6O. The summed E-state index contributed by atoms with van der Waals surface area (Å²) in [6, 6.07) is 8.51. The van der Waals surface area contributed by atoms with Gasteiger partial charge in [0.1, 0.15) is 11.5 Å². The van der Waals surface area contributed by atoms with E-state index in [2.05, 4.69) is 58.2 Å². The van der Waals surface area contributed by atoms with Crippen LogP contribution in [0.15, 0.2) is 24.3 Å². The first kappa shape index (κ1) is 21.0. The van der Waals surface area contributed by atoms with Crippen LogP contribution in [-0.4, -0.2) is 66.5 Å². The van der Waals surface area contributed by atoms with Crippen molar-refractivity contribution in [2.75, 3.05) is 51.0 Å². The highest BCUT2D eigenvalue weighted by Crippen LogP contribution is 2.30. The molecule has 1 aliphatic rings. The van der Waals surface area contributed by atoms with E-state index < -0.39 is 0 Å². The van der Waals surface area contributed by atoms with Crippen LogP contribution in [0, 0.1) is 6.92 Å². The molecule has 0 unspecified atom stereocenters. The topological polar surface area (TPSA) is 64.6 Å². The van der Waals surface area contributed by atoms with Crippen LogP contribution in [0.3, 0.4) is 0 Å². The minimum absolute atomic E-state index is 0.00453. The second kappa shape index (κ2) is 9.22. The Balaban J connectivity index is 1.89. The summed E-state index contributed by atoms with van der Waals surface area (Å²) in [5, 5.41) is 3.28. The smallest absolute Gasteiger partial charge is 0.273 e. The van der Waals surface area contributed by atoms with Gasteiger partial charge in [-0.15, -0.1) is 0 Å². The van der Waals surface area contributed by atoms with Crippen LogP contribution in [0.25, 0.3) is 0 Å². The van der Waals surface area contributed by atoms with Crippen LogP contribution in [0.1, 0.15) is 40.5 Å². The van der Waals surface area contributed by atoms with Gasteiger partial charge >= 0.3 is 0 Å². The third-order valence-corrected chi connectivity index (χ3v) is 5.06. The zero-order chi connectivity index (χ0) is 21.0. The second-order valence-corrected chi connectivity index (χ2v) is 8.00. The normalized spacial score (nSPS) is 13.2. The molecule has 156 valence electrons. The first-order valence-corrected chi connectivity index (χ1v) is 10.2. The number of fused-ring (bicyclic) bond motifs is 1. The standard InChI is InChI=1S/C22H32N6O/c1-6-12-28-15-18-19(21(28)29)24-22(23-11-13-26(3)4)25-20(18)27(5)14-17-9-7-16(2)8-10-17/h7-10H,6,11-15H2,1-5H3,(H,23,24,25). The van der Waals surface area contributed by atoms with E-state index in [1.54, 1.807) is 0 Å². The highest BCUT2D eigenvalue weighted by molar-refractivity contribution is 5.98. The maximum Gasteiger partial charge on any atom is 0.273 e. The van der Waals surface area contributed by atoms with Crippen molar-refractivity contribution in [3.05, 3.63) is 46.6 Å². The lowest BCUT2D eigenvalue weighted by Gasteiger charge is -2.22. The fraction of sp³-hybridized carbons (Fsp3) is 0.500. The molecule has 0 bridgehead atoms. The largest absolute Gasteiger partial charge is 0.355 e. The van der Waals surface area contributed by atoms with Gasteiger partial charge in [0, 0.05) is 38.8 Å². The van der Waals surface area contributed by atoms with Gasteiger partial charge in [0.2, 0.25) is 5.95 Å². The van der Waals surface area contributed by atoms with Crippen LogP contribution >= 0.6 is 0 Å². The van der Waals surface area contributed by atoms with Gasteiger partial charge in [0.25, 0.3) is 5.91 Å². The Hall–Kier alpha value is -2.67. The lowest BCUT2D eigenvalue weighted by molar-refractivity contribution is 0.0774. The number of nitrogens with zero attached hydrogens (tertiary/aromatic N) is 5. The van der Waals surface area contributed by atoms with Crippen molar-refractivity contribution in [2.24, 2.45) is 0 Å². The maximum atomic E-state index is 12.9. The molecule has 0 atom stereocenters. The van der Waals surface area contributed by atoms with E-state index in [4.69, 9.17) is 4.98 Å². The number of hydrogen-bond acceptors (Lipinski definition) is 6. The minimum atomic E-state index is 0.00453. The number of carbonyl (C=O) groups excluding carboxylic acids is 1. The number of amides is 1. The Morgan fingerprint density at radius 2 is 1.86 bits per heavy atom. The number of rotatable bonds is 9. The van der Waals surface area contributed by atoms with Gasteiger partial charge < -0.3 is 20.0 Å². The molecule has 2 heterocycles. The van der Waals surface area contributed by atoms with Gasteiger partial charge in [0.15, 0.2) is 0 Å². The molecule has 1 aromatic heterocycles. The van der Waals surface area contributed by atoms with Crippen molar-refractivity contribution >= 4 is 17.7 Å². The number of aromatic nitrogens is 2. The molecule has 1 N–H and O–H groups in total. The number of anilines is 2. The fourth-order valence-electron chi connectivity index (χ4n) is 3.49. The van der Waals surface area contributed by atoms with Crippen molar-refractivity contribution in [3.8, 4) is 0 Å². The lowest BCUT2D eigenvalue weighted by Crippen LogP contribution is -2.25. The first-order valence-electron chi connectivity index (χ1n) is 10.2. The Morgan fingerprint density at radius 1 is 1.14 bits per heavy atom. The summed E-state index contributed by atoms with van der Waals surface area (Å²) in [5.74, 6) is 1.35. The molecule has 1 amide bonds. The molecule has 3 rings (SSSR count). The van der Waals surface area contributed by atoms with Crippen LogP contribution in [-0.2, 0) is 13.1 Å². The quantitative estimate of drug-likeness (QED) is 0.703. The minimum Gasteiger partial charge on any atom is -0.355 e. The van der Waals surface area contributed by atoms with E-state index in [-0.39, 0.29) is 5.91 Å². The third-order valence-electron chi connectivity index (χ3n) is 5.06. The van der Waals surface area contributed by atoms with Crippen molar-refractivity contribution < 1.29 is 4.79 Å². The van der Waals surface area contributed by atoms with Crippen molar-refractivity contribution in [3.63, 3.8) is 0 Å². The molecule has 29 heavy (non-hydrogen) atoms. The summed E-state index contributed by atoms with van der Waals surface area (Å²) in [6.45, 7) is 7.80. The summed E-state index contributed by atoms with van der Waals surface area (Å²) in [6.07, 6.45) is 0.926. The van der Waals surface area contributed by atoms with Crippen LogP contribution in [0.2, 0.25) is 0 Å². The molecule has 7 nitrogen and oxygen atoms in total. The van der Waals surface area contributed by atoms with Gasteiger partial charge in [-0.2, -0.15) is 4.98 Å². The first-order chi connectivity index (χ1) is 13.9. The van der Waals surface area contributed by atoms with Gasteiger partial charge in [-0.3, -0.25) is 4.79 Å². The molecule has 1 aliphatic heterocycles. The van der Waals surface area contributed by atoms with E-state index in [1.807, 2.05) is 26.0 Å². The molecule has 0 saturated carbocycles. The molecular weight excluding hydrogens is 364 g/mol. The summed E-state index contributed by atoms with van der Waals surface area (Å²) in [4.78, 5) is 28.3. The number of hydrogen-bond donors (Lipinski definition) is 1. The Labute approximate surface area is 173 Å². The molecule has 0 aliphatic carbocycles. The number of aryl methyl sites for hydroxylation is 1. The maximum absolute atomic E-state index is 12.9. The van der Waals surface area contributed by atoms with E-state index in [0.717, 1.165) is 44.0 Å². The van der Waals surface area contributed by atoms with Gasteiger partial charge in [-0.1, -0.05) is 36.8 Å². The molecule has 1 aromatic carbocycles. The summed E-state index contributed by atoms with van der Waals surface area (Å²) in [5.41, 5.74) is 3.91. The molecule has 0 fully saturated rings. The summed E-state index contributed by atoms with van der Waals surface area (Å²) in [7, 11) is 6.08. The number of nitrogens with one attached hydrogen (secondary N) is 1. The average molecular weight is 397 g/mol. The summed E-state index contributed by atoms with van der Waals surface area (Å²) < 4.78 is 0. The van der Waals surface area contributed by atoms with E-state index >= 15 is 0 Å². The SMILES string of the molecule is CCCN1Cc2c(nc(NCCN(C)C)nc2N(C)Cc2ccc(C)cc2)C1=O. The predicted molar refractivity (Wildman–Crippen MR) is 117 cm³/mol. The van der Waals surface area contributed by atoms with Crippen LogP contribution in [0.5, 0.6) is 0 Å². The number of carbonyl (C=O) groups is 1. The Kier molecular flexibility index (Phi) is 6.69. The van der Waals surface area contributed by atoms with Crippen molar-refractivity contribution in [1.29, 1.82) is 0 Å². The molecule has 0 radical (unpaired) electrons. The second-order valence-electron chi connectivity index (χ2n) is 8.00. The van der Waals surface area contributed by atoms with Gasteiger partial charge in [-0.05, 0) is 33.0 Å². The fourth-order valence-corrected chi connectivity index (χ4v) is 3.49. The van der Waals surface area contributed by atoms with Crippen LogP contribution in [0.4, 0.5) is 11.8 Å². The zero-order valence-electron chi connectivity index (χ0n) is 18.2. The van der Waals surface area contributed by atoms with E-state index in [9.17, 15) is 4.79 Å². The summed E-state index contributed by atoms with van der Waals surface area (Å²) >= 11 is 0. The third kappa shape index (κ3) is 5.03. The highest BCUT2D eigenvalue weighted by Gasteiger charge is 2.33. The Morgan fingerprint density at radius 3 is 2.52 bits per heavy atom. The monoisotopic (exact) mass is 396 g/mol. The van der Waals surface area contributed by atoms with Gasteiger partial charge in [-0.25, -0.2) is 4.98 Å². The molecule has 7 heteroatoms. The predicted octanol–water partition coefficient (Wildman–Crippen LogP) is 2.76. The molecule has 0 saturated heterocycles. The highest BCUT2D eigenvalue weighted by atomic mass is 16.2. The van der Waals surface area contributed by atoms with E-state index in [1.165, 1.54) is 11.1 Å². The van der Waals surface area contributed by atoms with Crippen molar-refractivity contribution in [1.82, 2.24) is 19.8 Å². The zero-order valence-corrected chi connectivity index (χ0v) is 18.2. The van der Waals surface area contributed by atoms with E-state index in [0.29, 0.717) is 18.2 Å². The lowest BCUT2D eigenvalue weighted by atomic mass is 10.1. The van der Waals surface area contributed by atoms with Crippen molar-refractivity contribution in [2.45, 2.75) is 33.4 Å². The molecule has 2 aromatic rings. The molecule has 0 spiro atoms. The number of benzene rings is 1. The van der Waals surface area contributed by atoms with Crippen LogP contribution < -0.4 is 10.2 Å². The Bertz CT molecular complexity index is 849. The van der Waals surface area contributed by atoms with Gasteiger partial charge in [0.05, 0.1) is 6.54 Å². The number of likely N-dealkylation sites (N-methyl/N-ethyl adjacent to an activating group) is 1. The average Bonchev–Trinajstić information content (AvgIpc) is 2.99.